The maximum atomic E-state index is 5.73. The Morgan fingerprint density at radius 1 is 1.44 bits per heavy atom. The minimum Gasteiger partial charge on any atom is -0.326 e. The predicted molar refractivity (Wildman–Crippen MR) is 64.2 cm³/mol. The molecule has 0 atom stereocenters. The molecule has 0 saturated carbocycles. The lowest BCUT2D eigenvalue weighted by Gasteiger charge is -2.09. The summed E-state index contributed by atoms with van der Waals surface area (Å²) in [4.78, 5) is 1.18. The smallest absolute Gasteiger partial charge is 0.195 e. The molecule has 1 heterocycles. The van der Waals surface area contributed by atoms with E-state index >= 15 is 0 Å². The first-order chi connectivity index (χ1) is 7.72. The molecule has 5 heteroatoms. The molecule has 0 radical (unpaired) electrons. The van der Waals surface area contributed by atoms with E-state index in [0.29, 0.717) is 6.54 Å². The van der Waals surface area contributed by atoms with E-state index in [1.807, 2.05) is 23.7 Å². The van der Waals surface area contributed by atoms with Crippen molar-refractivity contribution >= 4 is 11.8 Å². The highest BCUT2D eigenvalue weighted by atomic mass is 32.2. The summed E-state index contributed by atoms with van der Waals surface area (Å²) in [5, 5.41) is 8.81. The summed E-state index contributed by atoms with van der Waals surface area (Å²) in [6.45, 7) is 2.62. The van der Waals surface area contributed by atoms with Crippen LogP contribution in [0.25, 0.3) is 0 Å². The number of nitrogens with two attached hydrogens (primary N) is 1. The zero-order chi connectivity index (χ0) is 11.5. The Bertz CT molecular complexity index is 492. The molecular formula is C11H14N4S. The molecule has 1 aromatic heterocycles. The van der Waals surface area contributed by atoms with Crippen molar-refractivity contribution in [2.45, 2.75) is 23.5 Å². The van der Waals surface area contributed by atoms with Crippen LogP contribution in [0.5, 0.6) is 0 Å². The summed E-state index contributed by atoms with van der Waals surface area (Å²) in [7, 11) is 1.93. The second-order valence-corrected chi connectivity index (χ2v) is 4.57. The van der Waals surface area contributed by atoms with Gasteiger partial charge in [0.2, 0.25) is 0 Å². The highest BCUT2D eigenvalue weighted by Crippen LogP contribution is 2.31. The molecule has 4 nitrogen and oxygen atoms in total. The van der Waals surface area contributed by atoms with Crippen LogP contribution in [0.3, 0.4) is 0 Å². The SMILES string of the molecule is Cc1cccc(CN)c1Sc1nncn1C. The van der Waals surface area contributed by atoms with Gasteiger partial charge in [0, 0.05) is 18.5 Å². The summed E-state index contributed by atoms with van der Waals surface area (Å²) in [5.74, 6) is 0. The number of aryl methyl sites for hydroxylation is 2. The third-order valence-corrected chi connectivity index (χ3v) is 3.72. The fourth-order valence-electron chi connectivity index (χ4n) is 1.48. The third kappa shape index (κ3) is 2.10. The Balaban J connectivity index is 2.37. The number of rotatable bonds is 3. The molecule has 2 rings (SSSR count). The van der Waals surface area contributed by atoms with E-state index in [2.05, 4.69) is 23.2 Å². The van der Waals surface area contributed by atoms with Gasteiger partial charge in [-0.05, 0) is 29.8 Å². The lowest BCUT2D eigenvalue weighted by atomic mass is 10.1. The van der Waals surface area contributed by atoms with Crippen molar-refractivity contribution in [3.8, 4) is 0 Å². The molecule has 0 unspecified atom stereocenters. The Morgan fingerprint density at radius 2 is 2.25 bits per heavy atom. The van der Waals surface area contributed by atoms with Crippen molar-refractivity contribution in [3.05, 3.63) is 35.7 Å². The maximum Gasteiger partial charge on any atom is 0.195 e. The Kier molecular flexibility index (Phi) is 3.26. The van der Waals surface area contributed by atoms with Crippen LogP contribution in [-0.2, 0) is 13.6 Å². The summed E-state index contributed by atoms with van der Waals surface area (Å²) >= 11 is 1.61. The molecule has 0 aliphatic heterocycles. The van der Waals surface area contributed by atoms with Crippen LogP contribution >= 0.6 is 11.8 Å². The molecule has 0 fully saturated rings. The highest BCUT2D eigenvalue weighted by Gasteiger charge is 2.09. The lowest BCUT2D eigenvalue weighted by molar-refractivity contribution is 0.787. The number of nitrogens with zero attached hydrogens (tertiary/aromatic N) is 3. The molecule has 84 valence electrons. The molecule has 0 amide bonds. The standard InChI is InChI=1S/C11H14N4S/c1-8-4-3-5-9(6-12)10(8)16-11-14-13-7-15(11)2/h3-5,7H,6,12H2,1-2H3. The average molecular weight is 234 g/mol. The minimum atomic E-state index is 0.544. The van der Waals surface area contributed by atoms with Gasteiger partial charge >= 0.3 is 0 Å². The second kappa shape index (κ2) is 4.67. The molecule has 1 aromatic carbocycles. The van der Waals surface area contributed by atoms with E-state index in [1.165, 1.54) is 10.5 Å². The first-order valence-corrected chi connectivity index (χ1v) is 5.84. The molecule has 2 aromatic rings. The van der Waals surface area contributed by atoms with Gasteiger partial charge in [0.15, 0.2) is 5.16 Å². The summed E-state index contributed by atoms with van der Waals surface area (Å²) in [6, 6.07) is 6.15. The first kappa shape index (κ1) is 11.2. The zero-order valence-electron chi connectivity index (χ0n) is 9.34. The van der Waals surface area contributed by atoms with E-state index in [-0.39, 0.29) is 0 Å². The van der Waals surface area contributed by atoms with Crippen molar-refractivity contribution in [1.29, 1.82) is 0 Å². The zero-order valence-corrected chi connectivity index (χ0v) is 10.2. The second-order valence-electron chi connectivity index (χ2n) is 3.59. The molecule has 0 aliphatic rings. The van der Waals surface area contributed by atoms with Gasteiger partial charge in [-0.1, -0.05) is 18.2 Å². The molecule has 0 aliphatic carbocycles. The van der Waals surface area contributed by atoms with Crippen LogP contribution in [0.15, 0.2) is 34.6 Å². The van der Waals surface area contributed by atoms with Gasteiger partial charge in [-0.15, -0.1) is 10.2 Å². The number of hydrogen-bond donors (Lipinski definition) is 1. The van der Waals surface area contributed by atoms with Gasteiger partial charge in [-0.25, -0.2) is 0 Å². The van der Waals surface area contributed by atoms with Gasteiger partial charge in [0.25, 0.3) is 0 Å². The Hall–Kier alpha value is -1.33. The largest absolute Gasteiger partial charge is 0.326 e. The van der Waals surface area contributed by atoms with Gasteiger partial charge < -0.3 is 10.3 Å². The minimum absolute atomic E-state index is 0.544. The quantitative estimate of drug-likeness (QED) is 0.878. The topological polar surface area (TPSA) is 56.7 Å². The van der Waals surface area contributed by atoms with Crippen LogP contribution < -0.4 is 5.73 Å². The van der Waals surface area contributed by atoms with Crippen LogP contribution in [0.2, 0.25) is 0 Å². The van der Waals surface area contributed by atoms with E-state index in [4.69, 9.17) is 5.73 Å². The third-order valence-electron chi connectivity index (χ3n) is 2.38. The van der Waals surface area contributed by atoms with Gasteiger partial charge in [-0.3, -0.25) is 0 Å². The maximum absolute atomic E-state index is 5.73. The van der Waals surface area contributed by atoms with Crippen molar-refractivity contribution in [1.82, 2.24) is 14.8 Å². The first-order valence-electron chi connectivity index (χ1n) is 5.02. The van der Waals surface area contributed by atoms with E-state index in [9.17, 15) is 0 Å². The fourth-order valence-corrected chi connectivity index (χ4v) is 2.45. The number of benzene rings is 1. The molecule has 0 spiro atoms. The molecule has 0 bridgehead atoms. The van der Waals surface area contributed by atoms with Crippen molar-refractivity contribution in [2.24, 2.45) is 12.8 Å². The van der Waals surface area contributed by atoms with Crippen molar-refractivity contribution in [2.75, 3.05) is 0 Å². The van der Waals surface area contributed by atoms with Gasteiger partial charge in [0.05, 0.1) is 0 Å². The van der Waals surface area contributed by atoms with Crippen LogP contribution in [0, 0.1) is 6.92 Å². The van der Waals surface area contributed by atoms with Crippen molar-refractivity contribution < 1.29 is 0 Å². The van der Waals surface area contributed by atoms with Crippen LogP contribution in [-0.4, -0.2) is 14.8 Å². The van der Waals surface area contributed by atoms with E-state index in [0.717, 1.165) is 10.7 Å². The fraction of sp³-hybridized carbons (Fsp3) is 0.273. The highest BCUT2D eigenvalue weighted by molar-refractivity contribution is 7.99. The summed E-state index contributed by atoms with van der Waals surface area (Å²) < 4.78 is 1.90. The van der Waals surface area contributed by atoms with Crippen LogP contribution in [0.4, 0.5) is 0 Å². The van der Waals surface area contributed by atoms with Crippen molar-refractivity contribution in [3.63, 3.8) is 0 Å². The summed E-state index contributed by atoms with van der Waals surface area (Å²) in [6.07, 6.45) is 1.70. The number of hydrogen-bond acceptors (Lipinski definition) is 4. The molecule has 16 heavy (non-hydrogen) atoms. The van der Waals surface area contributed by atoms with Gasteiger partial charge in [0.1, 0.15) is 6.33 Å². The summed E-state index contributed by atoms with van der Waals surface area (Å²) in [5.41, 5.74) is 8.10. The van der Waals surface area contributed by atoms with E-state index in [1.54, 1.807) is 18.1 Å². The lowest BCUT2D eigenvalue weighted by Crippen LogP contribution is -2.00. The normalized spacial score (nSPS) is 10.7. The Labute approximate surface area is 98.9 Å². The number of aromatic nitrogens is 3. The Morgan fingerprint density at radius 3 is 2.88 bits per heavy atom. The monoisotopic (exact) mass is 234 g/mol. The van der Waals surface area contributed by atoms with Crippen LogP contribution in [0.1, 0.15) is 11.1 Å². The predicted octanol–water partition coefficient (Wildman–Crippen LogP) is 1.73. The van der Waals surface area contributed by atoms with Gasteiger partial charge in [-0.2, -0.15) is 0 Å². The molecular weight excluding hydrogens is 220 g/mol. The molecule has 0 saturated heterocycles. The average Bonchev–Trinajstić information content (AvgIpc) is 2.67. The van der Waals surface area contributed by atoms with E-state index < -0.39 is 0 Å². The molecule has 2 N–H and O–H groups in total.